The van der Waals surface area contributed by atoms with E-state index in [1.165, 1.54) is 0 Å². The third kappa shape index (κ3) is 3.70. The van der Waals surface area contributed by atoms with E-state index in [2.05, 4.69) is 0 Å². The molecule has 0 spiro atoms. The van der Waals surface area contributed by atoms with Crippen molar-refractivity contribution in [3.05, 3.63) is 28.8 Å². The van der Waals surface area contributed by atoms with E-state index in [1.54, 1.807) is 32.2 Å². The van der Waals surface area contributed by atoms with Crippen molar-refractivity contribution in [1.82, 2.24) is 0 Å². The van der Waals surface area contributed by atoms with Crippen LogP contribution in [-0.2, 0) is 4.74 Å². The van der Waals surface area contributed by atoms with Gasteiger partial charge in [-0.15, -0.1) is 0 Å². The lowest BCUT2D eigenvalue weighted by atomic mass is 10.1. The molecule has 3 nitrogen and oxygen atoms in total. The Hall–Kier alpha value is -0.770. The van der Waals surface area contributed by atoms with Crippen LogP contribution in [0.25, 0.3) is 0 Å². The number of hydrogen-bond donors (Lipinski definition) is 1. The van der Waals surface area contributed by atoms with Crippen molar-refractivity contribution in [3.63, 3.8) is 0 Å². The highest BCUT2D eigenvalue weighted by Crippen LogP contribution is 2.27. The molecule has 0 aliphatic carbocycles. The molecule has 1 aromatic carbocycles. The quantitative estimate of drug-likeness (QED) is 0.790. The minimum atomic E-state index is -0.518. The van der Waals surface area contributed by atoms with Crippen LogP contribution >= 0.6 is 11.6 Å². The van der Waals surface area contributed by atoms with Crippen LogP contribution in [0.2, 0.25) is 5.02 Å². The summed E-state index contributed by atoms with van der Waals surface area (Å²) in [5.74, 6) is 0.609. The molecule has 1 aromatic rings. The Kier molecular flexibility index (Phi) is 4.88. The van der Waals surface area contributed by atoms with Crippen LogP contribution in [0.5, 0.6) is 5.75 Å². The molecule has 0 aliphatic heterocycles. The monoisotopic (exact) mass is 230 g/mol. The van der Waals surface area contributed by atoms with Crippen LogP contribution in [-0.4, -0.2) is 25.4 Å². The molecule has 0 radical (unpaired) electrons. The van der Waals surface area contributed by atoms with Crippen molar-refractivity contribution < 1.29 is 14.6 Å². The first kappa shape index (κ1) is 12.3. The third-order valence-corrected chi connectivity index (χ3v) is 2.28. The molecule has 4 heteroatoms. The molecular formula is C11H15ClO3. The zero-order chi connectivity index (χ0) is 11.3. The fourth-order valence-corrected chi connectivity index (χ4v) is 1.37. The Morgan fingerprint density at radius 2 is 2.13 bits per heavy atom. The lowest BCUT2D eigenvalue weighted by Crippen LogP contribution is -2.04. The van der Waals surface area contributed by atoms with Gasteiger partial charge in [0.25, 0.3) is 0 Å². The van der Waals surface area contributed by atoms with Crippen LogP contribution in [0.3, 0.4) is 0 Å². The second kappa shape index (κ2) is 5.95. The SMILES string of the molecule is COCCOc1ccc(C(C)O)cc1Cl. The predicted octanol–water partition coefficient (Wildman–Crippen LogP) is 2.42. The third-order valence-electron chi connectivity index (χ3n) is 1.98. The van der Waals surface area contributed by atoms with Gasteiger partial charge in [0, 0.05) is 7.11 Å². The highest BCUT2D eigenvalue weighted by Gasteiger charge is 2.06. The van der Waals surface area contributed by atoms with E-state index in [9.17, 15) is 5.11 Å². The maximum atomic E-state index is 9.33. The molecule has 15 heavy (non-hydrogen) atoms. The molecular weight excluding hydrogens is 216 g/mol. The van der Waals surface area contributed by atoms with Crippen LogP contribution in [0.4, 0.5) is 0 Å². The zero-order valence-corrected chi connectivity index (χ0v) is 9.62. The second-order valence-electron chi connectivity index (χ2n) is 3.21. The van der Waals surface area contributed by atoms with Crippen LogP contribution in [0.1, 0.15) is 18.6 Å². The highest BCUT2D eigenvalue weighted by atomic mass is 35.5. The molecule has 0 amide bonds. The molecule has 0 heterocycles. The van der Waals surface area contributed by atoms with Gasteiger partial charge in [0.05, 0.1) is 17.7 Å². The maximum Gasteiger partial charge on any atom is 0.138 e. The van der Waals surface area contributed by atoms with Crippen molar-refractivity contribution >= 4 is 11.6 Å². The van der Waals surface area contributed by atoms with Gasteiger partial charge in [0.2, 0.25) is 0 Å². The van der Waals surface area contributed by atoms with Gasteiger partial charge >= 0.3 is 0 Å². The zero-order valence-electron chi connectivity index (χ0n) is 8.87. The van der Waals surface area contributed by atoms with Gasteiger partial charge in [-0.25, -0.2) is 0 Å². The van der Waals surface area contributed by atoms with Crippen molar-refractivity contribution in [3.8, 4) is 5.75 Å². The Bertz CT molecular complexity index is 313. The Balaban J connectivity index is 2.66. The largest absolute Gasteiger partial charge is 0.490 e. The highest BCUT2D eigenvalue weighted by molar-refractivity contribution is 6.32. The number of ether oxygens (including phenoxy) is 2. The summed E-state index contributed by atoms with van der Waals surface area (Å²) in [5, 5.41) is 9.84. The molecule has 84 valence electrons. The van der Waals surface area contributed by atoms with Gasteiger partial charge in [-0.05, 0) is 24.6 Å². The Morgan fingerprint density at radius 1 is 1.40 bits per heavy atom. The molecule has 1 rings (SSSR count). The molecule has 0 aliphatic rings. The van der Waals surface area contributed by atoms with Gasteiger partial charge < -0.3 is 14.6 Å². The summed E-state index contributed by atoms with van der Waals surface area (Å²) in [6.45, 7) is 2.68. The molecule has 0 aromatic heterocycles. The van der Waals surface area contributed by atoms with E-state index >= 15 is 0 Å². The standard InChI is InChI=1S/C11H15ClO3/c1-8(13)9-3-4-11(10(12)7-9)15-6-5-14-2/h3-4,7-8,13H,5-6H2,1-2H3. The maximum absolute atomic E-state index is 9.33. The first-order chi connectivity index (χ1) is 7.15. The molecule has 0 saturated heterocycles. The average molecular weight is 231 g/mol. The molecule has 1 N–H and O–H groups in total. The lowest BCUT2D eigenvalue weighted by Gasteiger charge is -2.10. The number of halogens is 1. The minimum absolute atomic E-state index is 0.463. The summed E-state index contributed by atoms with van der Waals surface area (Å²) in [4.78, 5) is 0. The number of rotatable bonds is 5. The number of methoxy groups -OCH3 is 1. The topological polar surface area (TPSA) is 38.7 Å². The molecule has 1 unspecified atom stereocenters. The molecule has 0 saturated carbocycles. The fourth-order valence-electron chi connectivity index (χ4n) is 1.13. The van der Waals surface area contributed by atoms with Crippen LogP contribution < -0.4 is 4.74 Å². The number of benzene rings is 1. The normalized spacial score (nSPS) is 12.5. The smallest absolute Gasteiger partial charge is 0.138 e. The van der Waals surface area contributed by atoms with Crippen molar-refractivity contribution in [2.45, 2.75) is 13.0 Å². The van der Waals surface area contributed by atoms with E-state index in [0.717, 1.165) is 5.56 Å². The fraction of sp³-hybridized carbons (Fsp3) is 0.455. The molecule has 0 bridgehead atoms. The summed E-state index contributed by atoms with van der Waals surface area (Å²) in [7, 11) is 1.61. The van der Waals surface area contributed by atoms with Gasteiger partial charge in [-0.3, -0.25) is 0 Å². The van der Waals surface area contributed by atoms with Crippen molar-refractivity contribution in [2.75, 3.05) is 20.3 Å². The van der Waals surface area contributed by atoms with Crippen molar-refractivity contribution in [1.29, 1.82) is 0 Å². The van der Waals surface area contributed by atoms with E-state index in [1.807, 2.05) is 0 Å². The van der Waals surface area contributed by atoms with Crippen LogP contribution in [0.15, 0.2) is 18.2 Å². The van der Waals surface area contributed by atoms with Crippen molar-refractivity contribution in [2.24, 2.45) is 0 Å². The number of aliphatic hydroxyl groups is 1. The summed E-state index contributed by atoms with van der Waals surface area (Å²) in [6.07, 6.45) is -0.518. The molecule has 0 fully saturated rings. The lowest BCUT2D eigenvalue weighted by molar-refractivity contribution is 0.146. The Labute approximate surface area is 94.6 Å². The summed E-state index contributed by atoms with van der Waals surface area (Å²) in [5.41, 5.74) is 0.777. The van der Waals surface area contributed by atoms with E-state index in [4.69, 9.17) is 21.1 Å². The van der Waals surface area contributed by atoms with E-state index < -0.39 is 6.10 Å². The van der Waals surface area contributed by atoms with E-state index in [0.29, 0.717) is 24.0 Å². The average Bonchev–Trinajstić information content (AvgIpc) is 2.20. The second-order valence-corrected chi connectivity index (χ2v) is 3.61. The first-order valence-corrected chi connectivity index (χ1v) is 5.12. The summed E-state index contributed by atoms with van der Waals surface area (Å²) in [6, 6.07) is 5.24. The molecule has 1 atom stereocenters. The number of hydrogen-bond acceptors (Lipinski definition) is 3. The van der Waals surface area contributed by atoms with Gasteiger partial charge in [0.1, 0.15) is 12.4 Å². The minimum Gasteiger partial charge on any atom is -0.490 e. The number of aliphatic hydroxyl groups excluding tert-OH is 1. The predicted molar refractivity (Wildman–Crippen MR) is 59.5 cm³/mol. The van der Waals surface area contributed by atoms with Gasteiger partial charge in [-0.1, -0.05) is 17.7 Å². The van der Waals surface area contributed by atoms with E-state index in [-0.39, 0.29) is 0 Å². The summed E-state index contributed by atoms with van der Waals surface area (Å²) >= 11 is 5.98. The first-order valence-electron chi connectivity index (χ1n) is 4.74. The van der Waals surface area contributed by atoms with Gasteiger partial charge in [-0.2, -0.15) is 0 Å². The summed E-state index contributed by atoms with van der Waals surface area (Å²) < 4.78 is 10.2. The van der Waals surface area contributed by atoms with Crippen LogP contribution in [0, 0.1) is 0 Å². The Morgan fingerprint density at radius 3 is 2.67 bits per heavy atom. The van der Waals surface area contributed by atoms with Gasteiger partial charge in [0.15, 0.2) is 0 Å².